The number of alkyl halides is 3. The molecule has 12 heavy (non-hydrogen) atoms. The van der Waals surface area contributed by atoms with Crippen LogP contribution in [0.1, 0.15) is 11.0 Å². The van der Waals surface area contributed by atoms with Crippen LogP contribution in [0.25, 0.3) is 0 Å². The number of thiazole rings is 1. The lowest BCUT2D eigenvalue weighted by Gasteiger charge is -2.16. The molecule has 1 atom stereocenters. The highest BCUT2D eigenvalue weighted by Gasteiger charge is 2.42. The van der Waals surface area contributed by atoms with Crippen molar-refractivity contribution in [3.8, 4) is 0 Å². The van der Waals surface area contributed by atoms with Crippen LogP contribution in [-0.2, 0) is 4.74 Å². The SMILES string of the molecule is COC(c1cncs1)C(F)(F)F. The van der Waals surface area contributed by atoms with E-state index in [4.69, 9.17) is 0 Å². The van der Waals surface area contributed by atoms with E-state index in [1.54, 1.807) is 0 Å². The third-order valence-electron chi connectivity index (χ3n) is 1.24. The van der Waals surface area contributed by atoms with Crippen molar-refractivity contribution in [3.63, 3.8) is 0 Å². The zero-order valence-corrected chi connectivity index (χ0v) is 6.95. The van der Waals surface area contributed by atoms with Crippen molar-refractivity contribution < 1.29 is 17.9 Å². The van der Waals surface area contributed by atoms with E-state index in [0.29, 0.717) is 0 Å². The van der Waals surface area contributed by atoms with Crippen LogP contribution in [0.5, 0.6) is 0 Å². The van der Waals surface area contributed by atoms with Crippen molar-refractivity contribution >= 4 is 11.3 Å². The summed E-state index contributed by atoms with van der Waals surface area (Å²) in [6.07, 6.45) is -5.04. The molecule has 6 heteroatoms. The standard InChI is InChI=1S/C6H6F3NOS/c1-11-5(6(7,8)9)4-2-10-3-12-4/h2-3,5H,1H3. The number of rotatable bonds is 2. The van der Waals surface area contributed by atoms with E-state index in [0.717, 1.165) is 24.6 Å². The van der Waals surface area contributed by atoms with Gasteiger partial charge in [0.15, 0.2) is 6.10 Å². The van der Waals surface area contributed by atoms with Gasteiger partial charge in [-0.1, -0.05) is 0 Å². The molecule has 0 saturated heterocycles. The molecular weight excluding hydrogens is 191 g/mol. The minimum atomic E-state index is -4.36. The Morgan fingerprint density at radius 2 is 2.25 bits per heavy atom. The summed E-state index contributed by atoms with van der Waals surface area (Å²) in [5.74, 6) is 0. The number of aromatic nitrogens is 1. The second-order valence-electron chi connectivity index (χ2n) is 2.06. The number of hydrogen-bond donors (Lipinski definition) is 0. The predicted octanol–water partition coefficient (Wildman–Crippen LogP) is 2.39. The Labute approximate surface area is 71.0 Å². The van der Waals surface area contributed by atoms with E-state index in [2.05, 4.69) is 9.72 Å². The Morgan fingerprint density at radius 1 is 1.58 bits per heavy atom. The molecule has 1 aromatic rings. The van der Waals surface area contributed by atoms with Crippen molar-refractivity contribution in [1.82, 2.24) is 4.98 Å². The van der Waals surface area contributed by atoms with Gasteiger partial charge in [-0.25, -0.2) is 0 Å². The molecule has 0 radical (unpaired) electrons. The van der Waals surface area contributed by atoms with Crippen LogP contribution in [0.3, 0.4) is 0 Å². The minimum Gasteiger partial charge on any atom is -0.366 e. The normalized spacial score (nSPS) is 14.7. The van der Waals surface area contributed by atoms with Gasteiger partial charge in [-0.05, 0) is 0 Å². The van der Waals surface area contributed by atoms with Crippen molar-refractivity contribution in [3.05, 3.63) is 16.6 Å². The summed E-state index contributed by atoms with van der Waals surface area (Å²) in [6.45, 7) is 0. The van der Waals surface area contributed by atoms with E-state index in [9.17, 15) is 13.2 Å². The van der Waals surface area contributed by atoms with E-state index in [1.807, 2.05) is 0 Å². The molecule has 0 N–H and O–H groups in total. The van der Waals surface area contributed by atoms with Gasteiger partial charge in [-0.3, -0.25) is 4.98 Å². The van der Waals surface area contributed by atoms with Gasteiger partial charge in [-0.2, -0.15) is 13.2 Å². The molecular formula is C6H6F3NOS. The molecule has 0 aliphatic heterocycles. The van der Waals surface area contributed by atoms with E-state index < -0.39 is 12.3 Å². The Morgan fingerprint density at radius 3 is 2.58 bits per heavy atom. The third-order valence-corrected chi connectivity index (χ3v) is 2.06. The van der Waals surface area contributed by atoms with Crippen molar-refractivity contribution in [2.45, 2.75) is 12.3 Å². The average Bonchev–Trinajstić information content (AvgIpc) is 2.38. The lowest BCUT2D eigenvalue weighted by Crippen LogP contribution is -2.21. The van der Waals surface area contributed by atoms with Crippen molar-refractivity contribution in [2.75, 3.05) is 7.11 Å². The predicted molar refractivity (Wildman–Crippen MR) is 37.9 cm³/mol. The number of nitrogens with zero attached hydrogens (tertiary/aromatic N) is 1. The number of ether oxygens (including phenoxy) is 1. The summed E-state index contributed by atoms with van der Waals surface area (Å²) < 4.78 is 40.7. The topological polar surface area (TPSA) is 22.1 Å². The van der Waals surface area contributed by atoms with Gasteiger partial charge in [0.25, 0.3) is 0 Å². The first-order valence-corrected chi connectivity index (χ1v) is 3.91. The summed E-state index contributed by atoms with van der Waals surface area (Å²) in [5, 5.41) is 0. The summed E-state index contributed by atoms with van der Waals surface area (Å²) in [5.41, 5.74) is 1.34. The van der Waals surface area contributed by atoms with Crippen molar-refractivity contribution in [1.29, 1.82) is 0 Å². The van der Waals surface area contributed by atoms with Crippen LogP contribution >= 0.6 is 11.3 Å². The molecule has 1 heterocycles. The fraction of sp³-hybridized carbons (Fsp3) is 0.500. The van der Waals surface area contributed by atoms with Gasteiger partial charge in [0.2, 0.25) is 0 Å². The van der Waals surface area contributed by atoms with Crippen LogP contribution in [0.15, 0.2) is 11.7 Å². The number of methoxy groups -OCH3 is 1. The maximum atomic E-state index is 12.1. The molecule has 0 fully saturated rings. The lowest BCUT2D eigenvalue weighted by atomic mass is 10.3. The summed E-state index contributed by atoms with van der Waals surface area (Å²) >= 11 is 0.926. The zero-order chi connectivity index (χ0) is 9.19. The van der Waals surface area contributed by atoms with Gasteiger partial charge in [0, 0.05) is 13.3 Å². The minimum absolute atomic E-state index is 0.0741. The van der Waals surface area contributed by atoms with Gasteiger partial charge in [0.1, 0.15) is 0 Å². The second-order valence-corrected chi connectivity index (χ2v) is 2.98. The Hall–Kier alpha value is -0.620. The highest BCUT2D eigenvalue weighted by Crippen LogP contribution is 2.36. The lowest BCUT2D eigenvalue weighted by molar-refractivity contribution is -0.214. The van der Waals surface area contributed by atoms with E-state index >= 15 is 0 Å². The fourth-order valence-corrected chi connectivity index (χ4v) is 1.48. The summed E-state index contributed by atoms with van der Waals surface area (Å²) in [7, 11) is 1.03. The van der Waals surface area contributed by atoms with Crippen LogP contribution in [0.4, 0.5) is 13.2 Å². The Bertz CT molecular complexity index is 233. The first-order chi connectivity index (χ1) is 5.55. The monoisotopic (exact) mass is 197 g/mol. The molecule has 0 amide bonds. The van der Waals surface area contributed by atoms with Gasteiger partial charge >= 0.3 is 6.18 Å². The molecule has 1 aromatic heterocycles. The summed E-state index contributed by atoms with van der Waals surface area (Å²) in [4.78, 5) is 3.62. The van der Waals surface area contributed by atoms with Crippen LogP contribution in [0, 0.1) is 0 Å². The number of hydrogen-bond acceptors (Lipinski definition) is 3. The maximum Gasteiger partial charge on any atom is 0.419 e. The van der Waals surface area contributed by atoms with Crippen molar-refractivity contribution in [2.24, 2.45) is 0 Å². The molecule has 0 aliphatic rings. The Balaban J connectivity index is 2.84. The third kappa shape index (κ3) is 1.95. The fourth-order valence-electron chi connectivity index (χ4n) is 0.766. The molecule has 68 valence electrons. The highest BCUT2D eigenvalue weighted by atomic mass is 32.1. The molecule has 0 aliphatic carbocycles. The molecule has 1 rings (SSSR count). The Kier molecular flexibility index (Phi) is 2.69. The first-order valence-electron chi connectivity index (χ1n) is 3.03. The molecule has 0 bridgehead atoms. The van der Waals surface area contributed by atoms with Crippen LogP contribution < -0.4 is 0 Å². The van der Waals surface area contributed by atoms with Crippen LogP contribution in [-0.4, -0.2) is 18.3 Å². The largest absolute Gasteiger partial charge is 0.419 e. The zero-order valence-electron chi connectivity index (χ0n) is 6.13. The van der Waals surface area contributed by atoms with Gasteiger partial charge in [0.05, 0.1) is 10.4 Å². The van der Waals surface area contributed by atoms with Gasteiger partial charge < -0.3 is 4.74 Å². The van der Waals surface area contributed by atoms with Crippen LogP contribution in [0.2, 0.25) is 0 Å². The maximum absolute atomic E-state index is 12.1. The smallest absolute Gasteiger partial charge is 0.366 e. The van der Waals surface area contributed by atoms with E-state index in [-0.39, 0.29) is 4.88 Å². The average molecular weight is 197 g/mol. The van der Waals surface area contributed by atoms with E-state index in [1.165, 1.54) is 5.51 Å². The van der Waals surface area contributed by atoms with Gasteiger partial charge in [-0.15, -0.1) is 11.3 Å². The molecule has 0 aromatic carbocycles. The molecule has 2 nitrogen and oxygen atoms in total. The molecule has 0 spiro atoms. The molecule has 1 unspecified atom stereocenters. The molecule has 0 saturated carbocycles. The highest BCUT2D eigenvalue weighted by molar-refractivity contribution is 7.09. The number of halogens is 3. The summed E-state index contributed by atoms with van der Waals surface area (Å²) in [6, 6.07) is 0. The second kappa shape index (κ2) is 3.40. The quantitative estimate of drug-likeness (QED) is 0.726. The first kappa shape index (κ1) is 9.47.